The van der Waals surface area contributed by atoms with Crippen molar-refractivity contribution in [2.45, 2.75) is 58.0 Å². The molecule has 188 valence electrons. The normalized spacial score (nSPS) is 20.1. The maximum absolute atomic E-state index is 12.6. The Balaban J connectivity index is 1.20. The summed E-state index contributed by atoms with van der Waals surface area (Å²) in [5, 5.41) is 3.34. The van der Waals surface area contributed by atoms with E-state index in [1.165, 1.54) is 44.7 Å². The third-order valence-electron chi connectivity index (χ3n) is 8.00. The van der Waals surface area contributed by atoms with E-state index in [4.69, 9.17) is 4.98 Å². The van der Waals surface area contributed by atoms with Crippen LogP contribution in [0, 0.1) is 0 Å². The van der Waals surface area contributed by atoms with Crippen LogP contribution < -0.4 is 15.1 Å². The second-order valence-electron chi connectivity index (χ2n) is 10.2. The summed E-state index contributed by atoms with van der Waals surface area (Å²) >= 11 is 0. The van der Waals surface area contributed by atoms with Crippen molar-refractivity contribution in [2.75, 3.05) is 61.4 Å². The van der Waals surface area contributed by atoms with Crippen LogP contribution in [0.15, 0.2) is 30.5 Å². The summed E-state index contributed by atoms with van der Waals surface area (Å²) in [6.45, 7) is 11.2. The highest BCUT2D eigenvalue weighted by atomic mass is 16.2. The predicted octanol–water partition coefficient (Wildman–Crippen LogP) is 3.51. The minimum atomic E-state index is 0.126. The third kappa shape index (κ3) is 5.14. The van der Waals surface area contributed by atoms with Gasteiger partial charge in [0.05, 0.1) is 6.42 Å². The van der Waals surface area contributed by atoms with Crippen molar-refractivity contribution < 1.29 is 4.79 Å². The molecule has 1 aromatic carbocycles. The lowest BCUT2D eigenvalue weighted by molar-refractivity contribution is -0.117. The molecule has 1 aromatic heterocycles. The average molecular weight is 478 g/mol. The molecule has 3 aliphatic rings. The molecular weight excluding hydrogens is 438 g/mol. The molecule has 1 N–H and O–H groups in total. The number of hydrogen-bond donors (Lipinski definition) is 1. The van der Waals surface area contributed by atoms with Crippen molar-refractivity contribution in [3.63, 3.8) is 0 Å². The highest BCUT2D eigenvalue weighted by molar-refractivity contribution is 6.00. The fourth-order valence-electron chi connectivity index (χ4n) is 5.75. The number of nitrogens with one attached hydrogen (secondary N) is 1. The summed E-state index contributed by atoms with van der Waals surface area (Å²) in [7, 11) is 2.22. The summed E-state index contributed by atoms with van der Waals surface area (Å²) in [5.41, 5.74) is 3.15. The van der Waals surface area contributed by atoms with Gasteiger partial charge in [-0.1, -0.05) is 13.8 Å². The number of piperidine rings is 1. The second-order valence-corrected chi connectivity index (χ2v) is 10.2. The van der Waals surface area contributed by atoms with Crippen LogP contribution in [0.3, 0.4) is 0 Å². The SMILES string of the molecule is CCC(CC)N1C(=O)Cc2cnc(Nc3ccc(N4CCC(N5CCN(C)CC5)CC4)cc3)nc21. The van der Waals surface area contributed by atoms with Gasteiger partial charge in [-0.2, -0.15) is 4.98 Å². The number of carbonyl (C=O) groups is 1. The summed E-state index contributed by atoms with van der Waals surface area (Å²) < 4.78 is 0. The van der Waals surface area contributed by atoms with Gasteiger partial charge in [-0.25, -0.2) is 4.98 Å². The van der Waals surface area contributed by atoms with Gasteiger partial charge in [0.15, 0.2) is 0 Å². The van der Waals surface area contributed by atoms with Crippen LogP contribution in [-0.4, -0.2) is 84.1 Å². The molecule has 0 unspecified atom stereocenters. The van der Waals surface area contributed by atoms with E-state index in [0.29, 0.717) is 12.4 Å². The van der Waals surface area contributed by atoms with Crippen LogP contribution in [0.2, 0.25) is 0 Å². The molecule has 4 heterocycles. The maximum Gasteiger partial charge on any atom is 0.233 e. The fourth-order valence-corrected chi connectivity index (χ4v) is 5.75. The first-order valence-electron chi connectivity index (χ1n) is 13.3. The molecule has 2 aromatic rings. The largest absolute Gasteiger partial charge is 0.371 e. The zero-order chi connectivity index (χ0) is 24.4. The Morgan fingerprint density at radius 2 is 1.69 bits per heavy atom. The van der Waals surface area contributed by atoms with Crippen molar-refractivity contribution in [3.05, 3.63) is 36.0 Å². The number of amides is 1. The van der Waals surface area contributed by atoms with Gasteiger partial charge in [-0.3, -0.25) is 14.6 Å². The summed E-state index contributed by atoms with van der Waals surface area (Å²) in [6.07, 6.45) is 6.50. The molecule has 8 heteroatoms. The Bertz CT molecular complexity index is 1010. The molecule has 35 heavy (non-hydrogen) atoms. The number of piperazine rings is 1. The van der Waals surface area contributed by atoms with Crippen molar-refractivity contribution in [3.8, 4) is 0 Å². The van der Waals surface area contributed by atoms with Gasteiger partial charge in [0.2, 0.25) is 11.9 Å². The Morgan fingerprint density at radius 3 is 2.34 bits per heavy atom. The van der Waals surface area contributed by atoms with E-state index in [-0.39, 0.29) is 11.9 Å². The second kappa shape index (κ2) is 10.5. The first-order valence-corrected chi connectivity index (χ1v) is 13.3. The highest BCUT2D eigenvalue weighted by Crippen LogP contribution is 2.32. The van der Waals surface area contributed by atoms with Crippen LogP contribution in [0.1, 0.15) is 45.1 Å². The van der Waals surface area contributed by atoms with Gasteiger partial charge in [0.25, 0.3) is 0 Å². The topological polar surface area (TPSA) is 67.8 Å². The van der Waals surface area contributed by atoms with Crippen molar-refractivity contribution in [1.29, 1.82) is 0 Å². The minimum absolute atomic E-state index is 0.126. The lowest BCUT2D eigenvalue weighted by atomic mass is 10.0. The Morgan fingerprint density at radius 1 is 1.00 bits per heavy atom. The highest BCUT2D eigenvalue weighted by Gasteiger charge is 2.33. The molecule has 0 bridgehead atoms. The molecule has 5 rings (SSSR count). The molecular formula is C27H39N7O. The lowest BCUT2D eigenvalue weighted by Crippen LogP contribution is -2.52. The number of nitrogens with zero attached hydrogens (tertiary/aromatic N) is 6. The van der Waals surface area contributed by atoms with Crippen LogP contribution in [-0.2, 0) is 11.2 Å². The summed E-state index contributed by atoms with van der Waals surface area (Å²) in [4.78, 5) is 31.3. The van der Waals surface area contributed by atoms with E-state index >= 15 is 0 Å². The molecule has 0 radical (unpaired) electrons. The first-order chi connectivity index (χ1) is 17.1. The maximum atomic E-state index is 12.6. The van der Waals surface area contributed by atoms with Gasteiger partial charge >= 0.3 is 0 Å². The summed E-state index contributed by atoms with van der Waals surface area (Å²) in [5.74, 6) is 1.43. The standard InChI is InChI=1S/C27H39N7O/c1-4-22(5-2)34-25(35)18-20-19-28-27(30-26(20)34)29-21-6-8-23(9-7-21)32-12-10-24(11-13-32)33-16-14-31(3)15-17-33/h6-9,19,22,24H,4-5,10-18H2,1-3H3,(H,28,29,30). The molecule has 0 aliphatic carbocycles. The summed E-state index contributed by atoms with van der Waals surface area (Å²) in [6, 6.07) is 9.48. The van der Waals surface area contributed by atoms with Crippen molar-refractivity contribution in [1.82, 2.24) is 19.8 Å². The van der Waals surface area contributed by atoms with Gasteiger partial charge in [-0.15, -0.1) is 0 Å². The molecule has 3 aliphatic heterocycles. The molecule has 2 fully saturated rings. The number of benzene rings is 1. The molecule has 0 spiro atoms. The van der Waals surface area contributed by atoms with Gasteiger partial charge < -0.3 is 15.1 Å². The number of carbonyl (C=O) groups excluding carboxylic acids is 1. The van der Waals surface area contributed by atoms with E-state index in [2.05, 4.69) is 70.2 Å². The minimum Gasteiger partial charge on any atom is -0.371 e. The van der Waals surface area contributed by atoms with Crippen molar-refractivity contribution in [2.24, 2.45) is 0 Å². The van der Waals surface area contributed by atoms with Crippen LogP contribution in [0.4, 0.5) is 23.1 Å². The predicted molar refractivity (Wildman–Crippen MR) is 142 cm³/mol. The zero-order valence-electron chi connectivity index (χ0n) is 21.4. The van der Waals surface area contributed by atoms with Crippen molar-refractivity contribution >= 4 is 29.0 Å². The number of anilines is 4. The van der Waals surface area contributed by atoms with Crippen LogP contribution in [0.5, 0.6) is 0 Å². The zero-order valence-corrected chi connectivity index (χ0v) is 21.4. The Hall–Kier alpha value is -2.71. The number of rotatable bonds is 7. The van der Waals surface area contributed by atoms with E-state index in [1.54, 1.807) is 6.20 Å². The van der Waals surface area contributed by atoms with Crippen LogP contribution >= 0.6 is 0 Å². The molecule has 8 nitrogen and oxygen atoms in total. The number of aromatic nitrogens is 2. The van der Waals surface area contributed by atoms with Gasteiger partial charge in [0.1, 0.15) is 5.82 Å². The monoisotopic (exact) mass is 477 g/mol. The first kappa shape index (κ1) is 24.0. The smallest absolute Gasteiger partial charge is 0.233 e. The van der Waals surface area contributed by atoms with E-state index < -0.39 is 0 Å². The fraction of sp³-hybridized carbons (Fsp3) is 0.593. The molecule has 2 saturated heterocycles. The lowest BCUT2D eigenvalue weighted by Gasteiger charge is -2.42. The molecule has 0 atom stereocenters. The third-order valence-corrected chi connectivity index (χ3v) is 8.00. The van der Waals surface area contributed by atoms with E-state index in [9.17, 15) is 4.79 Å². The van der Waals surface area contributed by atoms with Crippen LogP contribution in [0.25, 0.3) is 0 Å². The number of hydrogen-bond acceptors (Lipinski definition) is 7. The molecule has 0 saturated carbocycles. The van der Waals surface area contributed by atoms with Gasteiger partial charge in [0, 0.05) is 74.5 Å². The number of fused-ring (bicyclic) bond motifs is 1. The number of likely N-dealkylation sites (N-methyl/N-ethyl adjacent to an activating group) is 1. The van der Waals surface area contributed by atoms with Gasteiger partial charge in [-0.05, 0) is 57.0 Å². The molecule has 1 amide bonds. The quantitative estimate of drug-likeness (QED) is 0.654. The Kier molecular flexibility index (Phi) is 7.20. The average Bonchev–Trinajstić information content (AvgIpc) is 3.21. The van der Waals surface area contributed by atoms with E-state index in [0.717, 1.165) is 49.0 Å². The van der Waals surface area contributed by atoms with E-state index in [1.807, 2.05) is 4.90 Å². The Labute approximate surface area is 209 Å².